The quantitative estimate of drug-likeness (QED) is 0.608. The molecule has 0 saturated carbocycles. The van der Waals surface area contributed by atoms with Crippen LogP contribution in [-0.2, 0) is 4.79 Å². The van der Waals surface area contributed by atoms with Crippen molar-refractivity contribution < 1.29 is 18.5 Å². The summed E-state index contributed by atoms with van der Waals surface area (Å²) in [5.41, 5.74) is 4.04. The van der Waals surface area contributed by atoms with Crippen molar-refractivity contribution in [1.82, 2.24) is 5.32 Å². The number of primary amides is 1. The molecule has 0 radical (unpaired) electrons. The average molecular weight is 286 g/mol. The van der Waals surface area contributed by atoms with E-state index in [9.17, 15) is 23.7 Å². The van der Waals surface area contributed by atoms with E-state index in [0.717, 1.165) is 0 Å². The van der Waals surface area contributed by atoms with Gasteiger partial charge in [-0.3, -0.25) is 14.9 Å². The number of non-ortho nitro benzene ring substituents is 1. The van der Waals surface area contributed by atoms with Crippen molar-refractivity contribution in [3.8, 4) is 0 Å². The Bertz CT molecular complexity index is 544. The third-order valence-electron chi connectivity index (χ3n) is 3.07. The number of nitro groups is 1. The van der Waals surface area contributed by atoms with Gasteiger partial charge in [0.15, 0.2) is 11.6 Å². The summed E-state index contributed by atoms with van der Waals surface area (Å²) in [7, 11) is 0. The van der Waals surface area contributed by atoms with E-state index in [-0.39, 0.29) is 13.1 Å². The van der Waals surface area contributed by atoms with Crippen LogP contribution in [0.4, 0.5) is 20.2 Å². The van der Waals surface area contributed by atoms with Gasteiger partial charge in [0.05, 0.1) is 17.1 Å². The van der Waals surface area contributed by atoms with Crippen molar-refractivity contribution in [3.63, 3.8) is 0 Å². The highest BCUT2D eigenvalue weighted by atomic mass is 19.1. The Hall–Kier alpha value is -2.29. The molecule has 0 aromatic heterocycles. The number of amides is 1. The molecule has 108 valence electrons. The summed E-state index contributed by atoms with van der Waals surface area (Å²) >= 11 is 0. The van der Waals surface area contributed by atoms with Crippen LogP contribution < -0.4 is 16.0 Å². The summed E-state index contributed by atoms with van der Waals surface area (Å²) in [4.78, 5) is 22.2. The van der Waals surface area contributed by atoms with Crippen LogP contribution in [-0.4, -0.2) is 36.5 Å². The first-order valence-corrected chi connectivity index (χ1v) is 5.82. The lowest BCUT2D eigenvalue weighted by atomic mass is 10.1. The third kappa shape index (κ3) is 2.52. The number of carbonyl (C=O) groups excluding carboxylic acids is 1. The maximum Gasteiger partial charge on any atom is 0.275 e. The number of nitrogens with two attached hydrogens (primary N) is 1. The van der Waals surface area contributed by atoms with E-state index in [1.54, 1.807) is 0 Å². The van der Waals surface area contributed by atoms with Gasteiger partial charge in [-0.2, -0.15) is 0 Å². The minimum atomic E-state index is -1.09. The maximum atomic E-state index is 13.9. The average Bonchev–Trinajstić information content (AvgIpc) is 2.38. The van der Waals surface area contributed by atoms with Crippen LogP contribution in [0.3, 0.4) is 0 Å². The highest BCUT2D eigenvalue weighted by molar-refractivity contribution is 5.84. The van der Waals surface area contributed by atoms with Gasteiger partial charge in [-0.05, 0) is 0 Å². The van der Waals surface area contributed by atoms with E-state index in [0.29, 0.717) is 18.7 Å². The number of nitrogens with zero attached hydrogens (tertiary/aromatic N) is 2. The number of carbonyl (C=O) groups is 1. The molecular formula is C11H12F2N4O3. The van der Waals surface area contributed by atoms with Gasteiger partial charge < -0.3 is 16.0 Å². The van der Waals surface area contributed by atoms with Gasteiger partial charge in [0, 0.05) is 19.6 Å². The van der Waals surface area contributed by atoms with E-state index < -0.39 is 39.9 Å². The smallest absolute Gasteiger partial charge is 0.275 e. The molecule has 1 saturated heterocycles. The molecule has 1 heterocycles. The Labute approximate surface area is 112 Å². The number of benzene rings is 1. The summed E-state index contributed by atoms with van der Waals surface area (Å²) in [6, 6.07) is 0.339. The molecule has 1 aromatic rings. The van der Waals surface area contributed by atoms with Gasteiger partial charge in [0.1, 0.15) is 11.7 Å². The number of piperazine rings is 1. The van der Waals surface area contributed by atoms with Gasteiger partial charge in [-0.25, -0.2) is 8.78 Å². The van der Waals surface area contributed by atoms with Gasteiger partial charge in [-0.1, -0.05) is 0 Å². The molecule has 1 unspecified atom stereocenters. The highest BCUT2D eigenvalue weighted by Gasteiger charge is 2.31. The molecule has 0 bridgehead atoms. The largest absolute Gasteiger partial charge is 0.368 e. The van der Waals surface area contributed by atoms with Gasteiger partial charge in [0.2, 0.25) is 5.91 Å². The molecule has 1 amide bonds. The number of hydrogen-bond donors (Lipinski definition) is 2. The van der Waals surface area contributed by atoms with Crippen molar-refractivity contribution >= 4 is 17.3 Å². The van der Waals surface area contributed by atoms with E-state index in [4.69, 9.17) is 5.73 Å². The molecule has 1 aliphatic rings. The molecule has 1 aliphatic heterocycles. The number of nitrogens with one attached hydrogen (secondary N) is 1. The van der Waals surface area contributed by atoms with Crippen LogP contribution >= 0.6 is 0 Å². The number of nitro benzene ring substituents is 1. The summed E-state index contributed by atoms with van der Waals surface area (Å²) in [6.45, 7) is 0.740. The standard InChI is InChI=1S/C11H12F2N4O3/c12-7-3-6(17(19)20)4-8(13)10(7)16-2-1-15-5-9(16)11(14)18/h3-4,9,15H,1-2,5H2,(H2,14,18). The normalized spacial score (nSPS) is 18.9. The Balaban J connectivity index is 2.45. The molecule has 1 aromatic carbocycles. The first kappa shape index (κ1) is 14.1. The van der Waals surface area contributed by atoms with Crippen LogP contribution in [0, 0.1) is 21.7 Å². The Kier molecular flexibility index (Phi) is 3.79. The summed E-state index contributed by atoms with van der Waals surface area (Å²) in [5, 5.41) is 13.4. The molecule has 2 rings (SSSR count). The molecule has 0 aliphatic carbocycles. The monoisotopic (exact) mass is 286 g/mol. The van der Waals surface area contributed by atoms with Crippen LogP contribution in [0.2, 0.25) is 0 Å². The van der Waals surface area contributed by atoms with Crippen LogP contribution in [0.25, 0.3) is 0 Å². The second kappa shape index (κ2) is 5.37. The minimum Gasteiger partial charge on any atom is -0.368 e. The van der Waals surface area contributed by atoms with Gasteiger partial charge in [0.25, 0.3) is 5.69 Å². The Morgan fingerprint density at radius 1 is 1.45 bits per heavy atom. The molecule has 7 nitrogen and oxygen atoms in total. The van der Waals surface area contributed by atoms with Crippen molar-refractivity contribution in [2.45, 2.75) is 6.04 Å². The zero-order valence-electron chi connectivity index (χ0n) is 10.3. The van der Waals surface area contributed by atoms with E-state index in [1.165, 1.54) is 4.90 Å². The zero-order valence-corrected chi connectivity index (χ0v) is 10.3. The number of rotatable bonds is 3. The second-order valence-corrected chi connectivity index (χ2v) is 4.33. The lowest BCUT2D eigenvalue weighted by molar-refractivity contribution is -0.385. The van der Waals surface area contributed by atoms with E-state index in [2.05, 4.69) is 5.32 Å². The first-order chi connectivity index (χ1) is 9.41. The van der Waals surface area contributed by atoms with Crippen molar-refractivity contribution in [1.29, 1.82) is 0 Å². The van der Waals surface area contributed by atoms with Gasteiger partial charge in [-0.15, -0.1) is 0 Å². The SMILES string of the molecule is NC(=O)C1CNCCN1c1c(F)cc([N+](=O)[O-])cc1F. The van der Waals surface area contributed by atoms with Crippen LogP contribution in [0.5, 0.6) is 0 Å². The first-order valence-electron chi connectivity index (χ1n) is 5.82. The maximum absolute atomic E-state index is 13.9. The van der Waals surface area contributed by atoms with Crippen molar-refractivity contribution in [3.05, 3.63) is 33.9 Å². The molecule has 0 spiro atoms. The molecule has 3 N–H and O–H groups in total. The summed E-state index contributed by atoms with van der Waals surface area (Å²) < 4.78 is 27.9. The second-order valence-electron chi connectivity index (χ2n) is 4.33. The zero-order chi connectivity index (χ0) is 14.9. The summed E-state index contributed by atoms with van der Waals surface area (Å²) in [6.07, 6.45) is 0. The molecule has 20 heavy (non-hydrogen) atoms. The molecule has 1 atom stereocenters. The molecule has 9 heteroatoms. The Morgan fingerprint density at radius 3 is 2.55 bits per heavy atom. The van der Waals surface area contributed by atoms with Crippen LogP contribution in [0.1, 0.15) is 0 Å². The number of hydrogen-bond acceptors (Lipinski definition) is 5. The number of halogens is 2. The lowest BCUT2D eigenvalue weighted by Gasteiger charge is -2.36. The van der Waals surface area contributed by atoms with Crippen molar-refractivity contribution in [2.24, 2.45) is 5.73 Å². The fourth-order valence-electron chi connectivity index (χ4n) is 2.16. The predicted molar refractivity (Wildman–Crippen MR) is 66.2 cm³/mol. The Morgan fingerprint density at radius 2 is 2.05 bits per heavy atom. The minimum absolute atomic E-state index is 0.158. The van der Waals surface area contributed by atoms with E-state index in [1.807, 2.05) is 0 Å². The number of anilines is 1. The van der Waals surface area contributed by atoms with Gasteiger partial charge >= 0.3 is 0 Å². The molecule has 1 fully saturated rings. The third-order valence-corrected chi connectivity index (χ3v) is 3.07. The molecular weight excluding hydrogens is 274 g/mol. The predicted octanol–water partition coefficient (Wildman–Crippen LogP) is 0.136. The summed E-state index contributed by atoms with van der Waals surface area (Å²) in [5.74, 6) is -2.91. The fourth-order valence-corrected chi connectivity index (χ4v) is 2.16. The highest BCUT2D eigenvalue weighted by Crippen LogP contribution is 2.29. The topological polar surface area (TPSA) is 102 Å². The lowest BCUT2D eigenvalue weighted by Crippen LogP contribution is -2.57. The van der Waals surface area contributed by atoms with E-state index >= 15 is 0 Å². The van der Waals surface area contributed by atoms with Crippen LogP contribution in [0.15, 0.2) is 12.1 Å². The van der Waals surface area contributed by atoms with Crippen molar-refractivity contribution in [2.75, 3.05) is 24.5 Å². The fraction of sp³-hybridized carbons (Fsp3) is 0.364.